The Labute approximate surface area is 98.4 Å². The molecule has 0 amide bonds. The van der Waals surface area contributed by atoms with Crippen molar-refractivity contribution in [3.8, 4) is 0 Å². The lowest BCUT2D eigenvalue weighted by molar-refractivity contribution is 0.00631. The van der Waals surface area contributed by atoms with Crippen LogP contribution in [0, 0.1) is 0 Å². The lowest BCUT2D eigenvalue weighted by Crippen LogP contribution is -2.24. The SMILES string of the molecule is CC(C)(C)OC(=O)c1nc(Cl)ccc1Cl. The average Bonchev–Trinajstić information content (AvgIpc) is 2.06. The topological polar surface area (TPSA) is 39.2 Å². The highest BCUT2D eigenvalue weighted by atomic mass is 35.5. The molecule has 0 bridgehead atoms. The summed E-state index contributed by atoms with van der Waals surface area (Å²) in [7, 11) is 0. The van der Waals surface area contributed by atoms with Gasteiger partial charge in [0.25, 0.3) is 0 Å². The smallest absolute Gasteiger partial charge is 0.359 e. The summed E-state index contributed by atoms with van der Waals surface area (Å²) >= 11 is 11.5. The van der Waals surface area contributed by atoms with Crippen LogP contribution in [0.3, 0.4) is 0 Å². The molecule has 0 fully saturated rings. The van der Waals surface area contributed by atoms with Crippen LogP contribution in [0.4, 0.5) is 0 Å². The largest absolute Gasteiger partial charge is 0.455 e. The molecule has 3 nitrogen and oxygen atoms in total. The lowest BCUT2D eigenvalue weighted by Gasteiger charge is -2.19. The van der Waals surface area contributed by atoms with Gasteiger partial charge in [-0.15, -0.1) is 0 Å². The zero-order valence-corrected chi connectivity index (χ0v) is 10.2. The summed E-state index contributed by atoms with van der Waals surface area (Å²) in [6.45, 7) is 5.30. The van der Waals surface area contributed by atoms with E-state index in [1.807, 2.05) is 0 Å². The molecule has 0 N–H and O–H groups in total. The minimum atomic E-state index is -0.579. The van der Waals surface area contributed by atoms with Gasteiger partial charge in [0.15, 0.2) is 5.69 Å². The van der Waals surface area contributed by atoms with Gasteiger partial charge in [-0.05, 0) is 32.9 Å². The van der Waals surface area contributed by atoms with E-state index in [0.29, 0.717) is 0 Å². The number of carbonyl (C=O) groups is 1. The van der Waals surface area contributed by atoms with Gasteiger partial charge in [0, 0.05) is 0 Å². The molecule has 1 rings (SSSR count). The number of ether oxygens (including phenoxy) is 1. The third-order valence-corrected chi connectivity index (χ3v) is 1.92. The zero-order chi connectivity index (χ0) is 11.6. The van der Waals surface area contributed by atoms with Crippen molar-refractivity contribution in [2.45, 2.75) is 26.4 Å². The number of pyridine rings is 1. The van der Waals surface area contributed by atoms with Crippen molar-refractivity contribution in [2.24, 2.45) is 0 Å². The summed E-state index contributed by atoms with van der Waals surface area (Å²) in [6.07, 6.45) is 0. The maximum atomic E-state index is 11.6. The van der Waals surface area contributed by atoms with E-state index in [2.05, 4.69) is 4.98 Å². The summed E-state index contributed by atoms with van der Waals surface area (Å²) < 4.78 is 5.12. The molecule has 82 valence electrons. The fourth-order valence-electron chi connectivity index (χ4n) is 0.888. The highest BCUT2D eigenvalue weighted by molar-refractivity contribution is 6.34. The molecule has 5 heteroatoms. The highest BCUT2D eigenvalue weighted by Gasteiger charge is 2.21. The normalized spacial score (nSPS) is 11.3. The molecule has 0 unspecified atom stereocenters. The van der Waals surface area contributed by atoms with E-state index in [9.17, 15) is 4.79 Å². The molecule has 1 aromatic rings. The zero-order valence-electron chi connectivity index (χ0n) is 8.67. The van der Waals surface area contributed by atoms with E-state index in [1.54, 1.807) is 20.8 Å². The van der Waals surface area contributed by atoms with E-state index in [4.69, 9.17) is 27.9 Å². The predicted molar refractivity (Wildman–Crippen MR) is 59.4 cm³/mol. The first-order chi connectivity index (χ1) is 6.79. The van der Waals surface area contributed by atoms with Crippen molar-refractivity contribution in [3.63, 3.8) is 0 Å². The Morgan fingerprint density at radius 2 is 1.93 bits per heavy atom. The highest BCUT2D eigenvalue weighted by Crippen LogP contribution is 2.19. The van der Waals surface area contributed by atoms with Gasteiger partial charge in [0.05, 0.1) is 5.02 Å². The summed E-state index contributed by atoms with van der Waals surface area (Å²) in [5, 5.41) is 0.439. The van der Waals surface area contributed by atoms with Gasteiger partial charge in [0.2, 0.25) is 0 Å². The van der Waals surface area contributed by atoms with E-state index in [0.717, 1.165) is 0 Å². The Hall–Kier alpha value is -0.800. The van der Waals surface area contributed by atoms with Gasteiger partial charge in [-0.2, -0.15) is 0 Å². The lowest BCUT2D eigenvalue weighted by atomic mass is 10.2. The fourth-order valence-corrected chi connectivity index (χ4v) is 1.22. The van der Waals surface area contributed by atoms with Crippen LogP contribution in [-0.4, -0.2) is 16.6 Å². The first-order valence-corrected chi connectivity index (χ1v) is 5.10. The first kappa shape index (κ1) is 12.3. The maximum Gasteiger partial charge on any atom is 0.359 e. The molecule has 1 aromatic heterocycles. The van der Waals surface area contributed by atoms with Gasteiger partial charge in [-0.1, -0.05) is 23.2 Å². The fraction of sp³-hybridized carbons (Fsp3) is 0.400. The molecular weight excluding hydrogens is 237 g/mol. The number of nitrogens with zero attached hydrogens (tertiary/aromatic N) is 1. The summed E-state index contributed by atoms with van der Waals surface area (Å²) in [6, 6.07) is 3.02. The molecule has 0 aliphatic carbocycles. The molecular formula is C10H11Cl2NO2. The van der Waals surface area contributed by atoms with Crippen molar-refractivity contribution in [1.29, 1.82) is 0 Å². The number of rotatable bonds is 1. The molecule has 0 radical (unpaired) electrons. The quantitative estimate of drug-likeness (QED) is 0.565. The minimum absolute atomic E-state index is 0.0408. The van der Waals surface area contributed by atoms with Crippen LogP contribution < -0.4 is 0 Å². The van der Waals surface area contributed by atoms with Crippen LogP contribution in [-0.2, 0) is 4.74 Å². The van der Waals surface area contributed by atoms with Crippen LogP contribution in [0.5, 0.6) is 0 Å². The molecule has 0 saturated heterocycles. The molecule has 0 spiro atoms. The maximum absolute atomic E-state index is 11.6. The minimum Gasteiger partial charge on any atom is -0.455 e. The third kappa shape index (κ3) is 3.68. The Morgan fingerprint density at radius 3 is 2.47 bits per heavy atom. The second-order valence-electron chi connectivity index (χ2n) is 3.97. The summed E-state index contributed by atoms with van der Waals surface area (Å²) in [5.74, 6) is -0.574. The summed E-state index contributed by atoms with van der Waals surface area (Å²) in [4.78, 5) is 15.4. The van der Waals surface area contributed by atoms with E-state index >= 15 is 0 Å². The Bertz CT molecular complexity index is 385. The average molecular weight is 248 g/mol. The Kier molecular flexibility index (Phi) is 3.58. The van der Waals surface area contributed by atoms with Crippen molar-refractivity contribution in [2.75, 3.05) is 0 Å². The predicted octanol–water partition coefficient (Wildman–Crippen LogP) is 3.34. The van der Waals surface area contributed by atoms with E-state index < -0.39 is 11.6 Å². The van der Waals surface area contributed by atoms with Gasteiger partial charge >= 0.3 is 5.97 Å². The molecule has 15 heavy (non-hydrogen) atoms. The van der Waals surface area contributed by atoms with Crippen molar-refractivity contribution < 1.29 is 9.53 Å². The third-order valence-electron chi connectivity index (χ3n) is 1.40. The van der Waals surface area contributed by atoms with Crippen LogP contribution in [0.25, 0.3) is 0 Å². The Balaban J connectivity index is 2.96. The van der Waals surface area contributed by atoms with Crippen molar-refractivity contribution in [3.05, 3.63) is 28.0 Å². The van der Waals surface area contributed by atoms with Crippen molar-refractivity contribution in [1.82, 2.24) is 4.98 Å². The number of esters is 1. The van der Waals surface area contributed by atoms with Gasteiger partial charge < -0.3 is 4.74 Å². The molecule has 0 aliphatic heterocycles. The molecule has 0 atom stereocenters. The van der Waals surface area contributed by atoms with Gasteiger partial charge in [-0.3, -0.25) is 0 Å². The second-order valence-corrected chi connectivity index (χ2v) is 4.76. The monoisotopic (exact) mass is 247 g/mol. The first-order valence-electron chi connectivity index (χ1n) is 4.35. The van der Waals surface area contributed by atoms with Crippen LogP contribution in [0.1, 0.15) is 31.3 Å². The molecule has 0 aromatic carbocycles. The van der Waals surface area contributed by atoms with Gasteiger partial charge in [0.1, 0.15) is 10.8 Å². The van der Waals surface area contributed by atoms with Crippen LogP contribution in [0.2, 0.25) is 10.2 Å². The number of carbonyl (C=O) groups excluding carboxylic acids is 1. The molecule has 0 saturated carbocycles. The van der Waals surface area contributed by atoms with Crippen LogP contribution in [0.15, 0.2) is 12.1 Å². The van der Waals surface area contributed by atoms with Crippen LogP contribution >= 0.6 is 23.2 Å². The number of hydrogen-bond donors (Lipinski definition) is 0. The Morgan fingerprint density at radius 1 is 1.33 bits per heavy atom. The van der Waals surface area contributed by atoms with Crippen molar-refractivity contribution >= 4 is 29.2 Å². The number of aromatic nitrogens is 1. The van der Waals surface area contributed by atoms with Gasteiger partial charge in [-0.25, -0.2) is 9.78 Å². The number of hydrogen-bond acceptors (Lipinski definition) is 3. The van der Waals surface area contributed by atoms with E-state index in [-0.39, 0.29) is 15.9 Å². The molecule has 0 aliphatic rings. The van der Waals surface area contributed by atoms with E-state index in [1.165, 1.54) is 12.1 Å². The standard InChI is InChI=1S/C10H11Cl2NO2/c1-10(2,3)15-9(14)8-6(11)4-5-7(12)13-8/h4-5H,1-3H3. The molecule has 1 heterocycles. The number of halogens is 2. The second kappa shape index (κ2) is 4.37. The summed E-state index contributed by atoms with van der Waals surface area (Å²) in [5.41, 5.74) is -0.538.